The van der Waals surface area contributed by atoms with Gasteiger partial charge in [0, 0.05) is 57.3 Å². The average molecular weight is 535 g/mol. The van der Waals surface area contributed by atoms with Crippen molar-refractivity contribution in [2.24, 2.45) is 5.92 Å². The summed E-state index contributed by atoms with van der Waals surface area (Å²) in [7, 11) is -4.30. The molecule has 198 valence electrons. The molecule has 4 rings (SSSR count). The fraction of sp³-hybridized carbons (Fsp3) is 0.520. The van der Waals surface area contributed by atoms with Crippen molar-refractivity contribution >= 4 is 15.5 Å². The van der Waals surface area contributed by atoms with Crippen LogP contribution in [0.4, 0.5) is 32.0 Å². The van der Waals surface area contributed by atoms with Crippen LogP contribution in [-0.4, -0.2) is 57.2 Å². The first-order chi connectivity index (χ1) is 16.9. The molecule has 0 atom stereocenters. The first-order valence-electron chi connectivity index (χ1n) is 11.9. The lowest BCUT2D eigenvalue weighted by Gasteiger charge is -2.36. The van der Waals surface area contributed by atoms with Crippen LogP contribution in [0.1, 0.15) is 31.2 Å². The number of sulfone groups is 1. The van der Waals surface area contributed by atoms with Crippen LogP contribution in [0.25, 0.3) is 0 Å². The van der Waals surface area contributed by atoms with E-state index in [0.717, 1.165) is 6.07 Å². The molecule has 2 aromatic rings. The van der Waals surface area contributed by atoms with E-state index >= 15 is 4.39 Å². The highest BCUT2D eigenvalue weighted by Gasteiger charge is 2.47. The van der Waals surface area contributed by atoms with Gasteiger partial charge in [-0.3, -0.25) is 0 Å². The normalized spacial score (nSPS) is 20.0. The molecule has 0 aliphatic carbocycles. The molecule has 11 heteroatoms. The summed E-state index contributed by atoms with van der Waals surface area (Å²) in [5, 5.41) is -2.45. The quantitative estimate of drug-likeness (QED) is 0.458. The second kappa shape index (κ2) is 10.2. The molecule has 4 nitrogen and oxygen atoms in total. The molecule has 2 aliphatic heterocycles. The van der Waals surface area contributed by atoms with E-state index < -0.39 is 38.6 Å². The number of benzene rings is 2. The molecule has 0 N–H and O–H groups in total. The summed E-state index contributed by atoms with van der Waals surface area (Å²) in [4.78, 5) is 3.46. The van der Waals surface area contributed by atoms with Gasteiger partial charge in [-0.2, -0.15) is 13.2 Å². The predicted molar refractivity (Wildman–Crippen MR) is 124 cm³/mol. The average Bonchev–Trinajstić information content (AvgIpc) is 2.84. The van der Waals surface area contributed by atoms with E-state index in [1.165, 1.54) is 36.4 Å². The van der Waals surface area contributed by atoms with Gasteiger partial charge in [0.2, 0.25) is 14.8 Å². The number of hydrogen-bond donors (Lipinski definition) is 0. The number of rotatable bonds is 6. The summed E-state index contributed by atoms with van der Waals surface area (Å²) in [5.41, 5.74) is 0.939. The fourth-order valence-electron chi connectivity index (χ4n) is 4.89. The van der Waals surface area contributed by atoms with E-state index in [1.807, 2.05) is 4.90 Å². The number of piperidine rings is 2. The summed E-state index contributed by atoms with van der Waals surface area (Å²) >= 11 is 0. The van der Waals surface area contributed by atoms with Crippen LogP contribution in [0, 0.1) is 17.6 Å². The Hall–Kier alpha value is -2.27. The topological polar surface area (TPSA) is 40.6 Å². The van der Waals surface area contributed by atoms with Gasteiger partial charge in [-0.05, 0) is 55.2 Å². The van der Waals surface area contributed by atoms with Crippen molar-refractivity contribution in [1.82, 2.24) is 4.90 Å². The van der Waals surface area contributed by atoms with Gasteiger partial charge in [0.25, 0.3) is 0 Å². The van der Waals surface area contributed by atoms with Gasteiger partial charge < -0.3 is 9.80 Å². The zero-order valence-electron chi connectivity index (χ0n) is 19.6. The number of nitrogens with zero attached hydrogens (tertiary/aromatic N) is 2. The molecule has 2 aliphatic rings. The van der Waals surface area contributed by atoms with Crippen LogP contribution >= 0.6 is 0 Å². The maximum Gasteiger partial charge on any atom is 0.391 e. The second-order valence-corrected chi connectivity index (χ2v) is 11.7. The molecule has 2 heterocycles. The Labute approximate surface area is 206 Å². The Bertz CT molecular complexity index is 1150. The molecule has 0 radical (unpaired) electrons. The molecule has 2 aromatic carbocycles. The summed E-state index contributed by atoms with van der Waals surface area (Å²) in [6.07, 6.45) is -4.46. The summed E-state index contributed by atoms with van der Waals surface area (Å²) in [6.45, 7) is 1.15. The minimum atomic E-state index is -4.30. The van der Waals surface area contributed by atoms with E-state index in [-0.39, 0.29) is 56.8 Å². The predicted octanol–water partition coefficient (Wildman–Crippen LogP) is 5.52. The van der Waals surface area contributed by atoms with E-state index in [1.54, 1.807) is 4.90 Å². The molecular weight excluding hydrogens is 506 g/mol. The second-order valence-electron chi connectivity index (χ2n) is 9.51. The Morgan fingerprint density at radius 2 is 1.53 bits per heavy atom. The third kappa shape index (κ3) is 5.66. The monoisotopic (exact) mass is 534 g/mol. The van der Waals surface area contributed by atoms with Crippen molar-refractivity contribution in [2.75, 3.05) is 37.6 Å². The Balaban J connectivity index is 1.34. The maximum absolute atomic E-state index is 15.7. The zero-order valence-corrected chi connectivity index (χ0v) is 20.4. The molecule has 0 unspecified atom stereocenters. The smallest absolute Gasteiger partial charge is 0.372 e. The highest BCUT2D eigenvalue weighted by atomic mass is 32.2. The van der Waals surface area contributed by atoms with Gasteiger partial charge in [0.1, 0.15) is 11.6 Å². The van der Waals surface area contributed by atoms with Crippen LogP contribution in [-0.2, 0) is 16.3 Å². The minimum absolute atomic E-state index is 0.0263. The van der Waals surface area contributed by atoms with Gasteiger partial charge in [-0.15, -0.1) is 0 Å². The molecule has 0 bridgehead atoms. The first-order valence-corrected chi connectivity index (χ1v) is 13.4. The molecule has 2 fully saturated rings. The Morgan fingerprint density at radius 3 is 2.08 bits per heavy atom. The Kier molecular flexibility index (Phi) is 7.62. The van der Waals surface area contributed by atoms with Gasteiger partial charge in [-0.1, -0.05) is 6.07 Å². The molecule has 2 saturated heterocycles. The highest BCUT2D eigenvalue weighted by molar-refractivity contribution is 7.92. The fourth-order valence-corrected chi connectivity index (χ4v) is 6.53. The van der Waals surface area contributed by atoms with Gasteiger partial charge in [0.05, 0.1) is 10.8 Å². The SMILES string of the molecule is O=S(=O)(c1ccc(N2CCC(C(F)(F)F)CC2)cc1)C1(F)CCN(CCc2ccc(F)cc2F)CC1. The van der Waals surface area contributed by atoms with Crippen LogP contribution in [0.3, 0.4) is 0 Å². The number of halogens is 6. The first kappa shape index (κ1) is 26.8. The standard InChI is InChI=1S/C25H28F6N2O2S/c26-20-2-1-18(23(27)17-20)7-12-32-15-10-24(28,11-16-32)36(34,35)22-5-3-21(4-6-22)33-13-8-19(9-14-33)25(29,30)31/h1-6,17,19H,7-16H2. The lowest BCUT2D eigenvalue weighted by atomic mass is 9.96. The summed E-state index contributed by atoms with van der Waals surface area (Å²) in [6, 6.07) is 8.98. The van der Waals surface area contributed by atoms with E-state index in [4.69, 9.17) is 0 Å². The third-order valence-corrected chi connectivity index (χ3v) is 9.53. The number of anilines is 1. The van der Waals surface area contributed by atoms with Crippen LogP contribution < -0.4 is 4.90 Å². The molecule has 36 heavy (non-hydrogen) atoms. The van der Waals surface area contributed by atoms with Crippen LogP contribution in [0.5, 0.6) is 0 Å². The van der Waals surface area contributed by atoms with E-state index in [9.17, 15) is 30.4 Å². The van der Waals surface area contributed by atoms with E-state index in [0.29, 0.717) is 24.2 Å². The summed E-state index contributed by atoms with van der Waals surface area (Å²) in [5.74, 6) is -2.65. The third-order valence-electron chi connectivity index (χ3n) is 7.27. The van der Waals surface area contributed by atoms with Gasteiger partial charge in [-0.25, -0.2) is 21.6 Å². The maximum atomic E-state index is 15.7. The lowest BCUT2D eigenvalue weighted by molar-refractivity contribution is -0.179. The molecule has 0 aromatic heterocycles. The highest BCUT2D eigenvalue weighted by Crippen LogP contribution is 2.38. The molecule has 0 amide bonds. The van der Waals surface area contributed by atoms with Crippen molar-refractivity contribution < 1.29 is 34.8 Å². The number of alkyl halides is 4. The van der Waals surface area contributed by atoms with Crippen LogP contribution in [0.2, 0.25) is 0 Å². The lowest BCUT2D eigenvalue weighted by Crippen LogP contribution is -2.46. The van der Waals surface area contributed by atoms with Gasteiger partial charge >= 0.3 is 6.18 Å². The molecule has 0 spiro atoms. The van der Waals surface area contributed by atoms with Gasteiger partial charge in [0.15, 0.2) is 0 Å². The van der Waals surface area contributed by atoms with Crippen molar-refractivity contribution in [1.29, 1.82) is 0 Å². The van der Waals surface area contributed by atoms with Crippen molar-refractivity contribution in [3.63, 3.8) is 0 Å². The molecule has 0 saturated carbocycles. The zero-order chi connectivity index (χ0) is 26.1. The number of likely N-dealkylation sites (tertiary alicyclic amines) is 1. The number of hydrogen-bond acceptors (Lipinski definition) is 4. The van der Waals surface area contributed by atoms with Crippen LogP contribution in [0.15, 0.2) is 47.4 Å². The largest absolute Gasteiger partial charge is 0.391 e. The summed E-state index contributed by atoms with van der Waals surface area (Å²) < 4.78 is 107. The van der Waals surface area contributed by atoms with Crippen molar-refractivity contribution in [3.05, 3.63) is 59.7 Å². The van der Waals surface area contributed by atoms with Crippen molar-refractivity contribution in [2.45, 2.75) is 48.2 Å². The Morgan fingerprint density at radius 1 is 0.917 bits per heavy atom. The van der Waals surface area contributed by atoms with Crippen molar-refractivity contribution in [3.8, 4) is 0 Å². The van der Waals surface area contributed by atoms with E-state index in [2.05, 4.69) is 0 Å². The minimum Gasteiger partial charge on any atom is -0.372 e. The molecular formula is C25H28F6N2O2S.